The Morgan fingerprint density at radius 1 is 1.14 bits per heavy atom. The van der Waals surface area contributed by atoms with Crippen LogP contribution in [0.15, 0.2) is 28.8 Å². The van der Waals surface area contributed by atoms with E-state index in [1.807, 2.05) is 0 Å². The van der Waals surface area contributed by atoms with Crippen molar-refractivity contribution in [3.63, 3.8) is 0 Å². The molecule has 0 saturated heterocycles. The summed E-state index contributed by atoms with van der Waals surface area (Å²) in [4.78, 5) is 26.3. The van der Waals surface area contributed by atoms with Gasteiger partial charge in [0, 0.05) is 56.9 Å². The number of ether oxygens (including phenoxy) is 2. The van der Waals surface area contributed by atoms with Crippen molar-refractivity contribution in [3.05, 3.63) is 40.0 Å². The third-order valence-electron chi connectivity index (χ3n) is 4.02. The number of halogens is 2. The second kappa shape index (κ2) is 11.8. The van der Waals surface area contributed by atoms with Gasteiger partial charge in [0.25, 0.3) is 5.91 Å². The van der Waals surface area contributed by atoms with E-state index in [0.717, 1.165) is 0 Å². The van der Waals surface area contributed by atoms with Crippen molar-refractivity contribution in [2.45, 2.75) is 6.42 Å². The number of nitrogens with zero attached hydrogens (tertiary/aromatic N) is 2. The van der Waals surface area contributed by atoms with Crippen LogP contribution >= 0.6 is 23.2 Å². The van der Waals surface area contributed by atoms with Crippen LogP contribution in [0.2, 0.25) is 10.0 Å². The van der Waals surface area contributed by atoms with Gasteiger partial charge in [0.05, 0.1) is 18.2 Å². The molecule has 0 aliphatic rings. The quantitative estimate of drug-likeness (QED) is 0.536. The highest BCUT2D eigenvalue weighted by molar-refractivity contribution is 6.36. The summed E-state index contributed by atoms with van der Waals surface area (Å²) in [6.45, 7) is 1.68. The van der Waals surface area contributed by atoms with Gasteiger partial charge in [-0.05, 0) is 18.2 Å². The van der Waals surface area contributed by atoms with Crippen LogP contribution < -0.4 is 5.32 Å². The number of amides is 2. The summed E-state index contributed by atoms with van der Waals surface area (Å²) >= 11 is 12.1. The third-order valence-corrected chi connectivity index (χ3v) is 4.56. The first kappa shape index (κ1) is 23.2. The lowest BCUT2D eigenvalue weighted by Crippen LogP contribution is -2.38. The molecule has 0 atom stereocenters. The Morgan fingerprint density at radius 3 is 2.59 bits per heavy atom. The molecule has 1 aromatic carbocycles. The number of carbonyl (C=O) groups is 2. The zero-order valence-electron chi connectivity index (χ0n) is 16.2. The first-order chi connectivity index (χ1) is 14.0. The van der Waals surface area contributed by atoms with Gasteiger partial charge in [-0.2, -0.15) is 0 Å². The van der Waals surface area contributed by atoms with E-state index in [0.29, 0.717) is 47.7 Å². The SMILES string of the molecule is COCCNC(=O)CCN(CCOC)C(=O)c1cc(-c2ccc(Cl)cc2Cl)on1. The molecule has 0 aliphatic carbocycles. The van der Waals surface area contributed by atoms with Crippen LogP contribution in [0, 0.1) is 0 Å². The minimum absolute atomic E-state index is 0.113. The van der Waals surface area contributed by atoms with E-state index in [2.05, 4.69) is 10.5 Å². The third kappa shape index (κ3) is 7.01. The van der Waals surface area contributed by atoms with Gasteiger partial charge in [-0.25, -0.2) is 0 Å². The molecule has 2 aromatic rings. The van der Waals surface area contributed by atoms with Crippen LogP contribution in [-0.4, -0.2) is 68.9 Å². The van der Waals surface area contributed by atoms with Crippen molar-refractivity contribution in [2.75, 3.05) is 47.1 Å². The molecule has 0 aliphatic heterocycles. The zero-order valence-corrected chi connectivity index (χ0v) is 17.8. The van der Waals surface area contributed by atoms with Gasteiger partial charge in [0.2, 0.25) is 5.91 Å². The Balaban J connectivity index is 2.06. The first-order valence-corrected chi connectivity index (χ1v) is 9.67. The van der Waals surface area contributed by atoms with Crippen molar-refractivity contribution in [1.82, 2.24) is 15.4 Å². The fourth-order valence-electron chi connectivity index (χ4n) is 2.49. The molecule has 2 rings (SSSR count). The van der Waals surface area contributed by atoms with E-state index in [1.165, 1.54) is 18.1 Å². The molecule has 0 spiro atoms. The number of methoxy groups -OCH3 is 2. The average molecular weight is 444 g/mol. The van der Waals surface area contributed by atoms with Crippen LogP contribution in [0.25, 0.3) is 11.3 Å². The maximum absolute atomic E-state index is 12.8. The topological polar surface area (TPSA) is 93.9 Å². The summed E-state index contributed by atoms with van der Waals surface area (Å²) in [6, 6.07) is 6.44. The molecule has 0 unspecified atom stereocenters. The highest BCUT2D eigenvalue weighted by Gasteiger charge is 2.22. The maximum Gasteiger partial charge on any atom is 0.276 e. The lowest BCUT2D eigenvalue weighted by Gasteiger charge is -2.21. The molecule has 29 heavy (non-hydrogen) atoms. The summed E-state index contributed by atoms with van der Waals surface area (Å²) in [5, 5.41) is 7.45. The van der Waals surface area contributed by atoms with Crippen molar-refractivity contribution >= 4 is 35.0 Å². The molecule has 8 nitrogen and oxygen atoms in total. The van der Waals surface area contributed by atoms with E-state index in [4.69, 9.17) is 37.2 Å². The number of carbonyl (C=O) groups excluding carboxylic acids is 2. The molecule has 0 bridgehead atoms. The molecular weight excluding hydrogens is 421 g/mol. The van der Waals surface area contributed by atoms with Gasteiger partial charge in [0.1, 0.15) is 0 Å². The first-order valence-electron chi connectivity index (χ1n) is 8.92. The van der Waals surface area contributed by atoms with Crippen LogP contribution in [0.5, 0.6) is 0 Å². The van der Waals surface area contributed by atoms with Crippen molar-refractivity contribution in [1.29, 1.82) is 0 Å². The predicted molar refractivity (Wildman–Crippen MR) is 109 cm³/mol. The Kier molecular flexibility index (Phi) is 9.40. The molecule has 158 valence electrons. The smallest absolute Gasteiger partial charge is 0.276 e. The molecular formula is C19H23Cl2N3O5. The molecule has 2 amide bonds. The number of aromatic nitrogens is 1. The fourth-order valence-corrected chi connectivity index (χ4v) is 2.99. The molecule has 0 saturated carbocycles. The van der Waals surface area contributed by atoms with Gasteiger partial charge < -0.3 is 24.2 Å². The van der Waals surface area contributed by atoms with Gasteiger partial charge >= 0.3 is 0 Å². The summed E-state index contributed by atoms with van der Waals surface area (Å²) in [7, 11) is 3.09. The van der Waals surface area contributed by atoms with E-state index in [9.17, 15) is 9.59 Å². The van der Waals surface area contributed by atoms with E-state index < -0.39 is 0 Å². The lowest BCUT2D eigenvalue weighted by atomic mass is 10.1. The fraction of sp³-hybridized carbons (Fsp3) is 0.421. The second-order valence-corrected chi connectivity index (χ2v) is 6.92. The summed E-state index contributed by atoms with van der Waals surface area (Å²) < 4.78 is 15.2. The molecule has 0 fully saturated rings. The Labute approximate surface area is 179 Å². The van der Waals surface area contributed by atoms with Gasteiger partial charge in [-0.1, -0.05) is 28.4 Å². The summed E-state index contributed by atoms with van der Waals surface area (Å²) in [5.41, 5.74) is 0.686. The predicted octanol–water partition coefficient (Wildman–Crippen LogP) is 2.89. The minimum Gasteiger partial charge on any atom is -0.383 e. The molecule has 10 heteroatoms. The highest BCUT2D eigenvalue weighted by Crippen LogP contribution is 2.30. The van der Waals surface area contributed by atoms with Gasteiger partial charge in [-0.3, -0.25) is 9.59 Å². The lowest BCUT2D eigenvalue weighted by molar-refractivity contribution is -0.121. The summed E-state index contributed by atoms with van der Waals surface area (Å²) in [6.07, 6.45) is 0.146. The second-order valence-electron chi connectivity index (χ2n) is 6.08. The molecule has 1 heterocycles. The normalized spacial score (nSPS) is 10.8. The van der Waals surface area contributed by atoms with Crippen LogP contribution in [0.3, 0.4) is 0 Å². The average Bonchev–Trinajstić information content (AvgIpc) is 3.17. The Hall–Kier alpha value is -2.13. The van der Waals surface area contributed by atoms with Gasteiger partial charge in [0.15, 0.2) is 11.5 Å². The molecule has 1 aromatic heterocycles. The number of nitrogens with one attached hydrogen (secondary N) is 1. The molecule has 0 radical (unpaired) electrons. The number of hydrogen-bond acceptors (Lipinski definition) is 6. The maximum atomic E-state index is 12.8. The van der Waals surface area contributed by atoms with E-state index in [1.54, 1.807) is 25.3 Å². The number of hydrogen-bond donors (Lipinski definition) is 1. The van der Waals surface area contributed by atoms with Crippen LogP contribution in [0.4, 0.5) is 0 Å². The van der Waals surface area contributed by atoms with Crippen LogP contribution in [0.1, 0.15) is 16.9 Å². The van der Waals surface area contributed by atoms with Gasteiger partial charge in [-0.15, -0.1) is 0 Å². The number of benzene rings is 1. The van der Waals surface area contributed by atoms with Crippen LogP contribution in [-0.2, 0) is 14.3 Å². The van der Waals surface area contributed by atoms with E-state index in [-0.39, 0.29) is 30.5 Å². The van der Waals surface area contributed by atoms with Crippen molar-refractivity contribution < 1.29 is 23.6 Å². The van der Waals surface area contributed by atoms with Crippen molar-refractivity contribution in [3.8, 4) is 11.3 Å². The summed E-state index contributed by atoms with van der Waals surface area (Å²) in [5.74, 6) is -0.197. The highest BCUT2D eigenvalue weighted by atomic mass is 35.5. The zero-order chi connectivity index (χ0) is 21.2. The largest absolute Gasteiger partial charge is 0.383 e. The van der Waals surface area contributed by atoms with Crippen molar-refractivity contribution in [2.24, 2.45) is 0 Å². The standard InChI is InChI=1S/C19H23Cl2N3O5/c1-27-9-6-22-18(25)5-7-24(8-10-28-2)19(26)16-12-17(29-23-16)14-4-3-13(20)11-15(14)21/h3-4,11-12H,5-10H2,1-2H3,(H,22,25). The molecule has 1 N–H and O–H groups in total. The van der Waals surface area contributed by atoms with E-state index >= 15 is 0 Å². The number of rotatable bonds is 11. The Morgan fingerprint density at radius 2 is 1.90 bits per heavy atom. The Bertz CT molecular complexity index is 828. The minimum atomic E-state index is -0.369. The monoisotopic (exact) mass is 443 g/mol.